The van der Waals surface area contributed by atoms with Gasteiger partial charge >= 0.3 is 5.97 Å². The number of pyridine rings is 1. The van der Waals surface area contributed by atoms with Crippen molar-refractivity contribution in [3.63, 3.8) is 0 Å². The number of fused-ring (bicyclic) bond motifs is 1. The first-order chi connectivity index (χ1) is 6.33. The van der Waals surface area contributed by atoms with Gasteiger partial charge in [-0.05, 0) is 12.1 Å². The minimum atomic E-state index is -0.487. The average molecular weight is 177 g/mol. The first-order valence-electron chi connectivity index (χ1n) is 3.71. The first kappa shape index (κ1) is 7.72. The molecule has 5 heteroatoms. The van der Waals surface area contributed by atoms with Crippen LogP contribution in [0, 0.1) is 0 Å². The standard InChI is InChI=1S/C8H7N3O2/c1-13-8(12)7-10-9-6-4-2-3-5-11(6)7/h2-5H,1H3. The number of ether oxygens (including phenoxy) is 1. The molecule has 0 aliphatic carbocycles. The molecule has 0 saturated heterocycles. The summed E-state index contributed by atoms with van der Waals surface area (Å²) in [7, 11) is 1.31. The molecule has 2 aromatic rings. The number of rotatable bonds is 1. The molecule has 13 heavy (non-hydrogen) atoms. The number of esters is 1. The van der Waals surface area contributed by atoms with E-state index in [1.165, 1.54) is 7.11 Å². The van der Waals surface area contributed by atoms with Gasteiger partial charge in [0.2, 0.25) is 5.82 Å². The van der Waals surface area contributed by atoms with Gasteiger partial charge in [0.25, 0.3) is 0 Å². The van der Waals surface area contributed by atoms with Gasteiger partial charge in [-0.15, -0.1) is 10.2 Å². The SMILES string of the molecule is COC(=O)c1nnc2ccccn12. The Morgan fingerprint density at radius 2 is 2.31 bits per heavy atom. The topological polar surface area (TPSA) is 56.5 Å². The van der Waals surface area contributed by atoms with Crippen molar-refractivity contribution in [1.82, 2.24) is 14.6 Å². The Kier molecular flexibility index (Phi) is 1.70. The van der Waals surface area contributed by atoms with Crippen molar-refractivity contribution in [3.8, 4) is 0 Å². The number of nitrogens with zero attached hydrogens (tertiary/aromatic N) is 3. The summed E-state index contributed by atoms with van der Waals surface area (Å²) in [6.07, 6.45) is 1.71. The van der Waals surface area contributed by atoms with Crippen molar-refractivity contribution in [3.05, 3.63) is 30.2 Å². The molecule has 0 radical (unpaired) electrons. The van der Waals surface area contributed by atoms with Gasteiger partial charge in [0.1, 0.15) is 0 Å². The molecular weight excluding hydrogens is 170 g/mol. The molecule has 2 heterocycles. The summed E-state index contributed by atoms with van der Waals surface area (Å²) in [6, 6.07) is 5.38. The zero-order valence-electron chi connectivity index (χ0n) is 6.97. The summed E-state index contributed by atoms with van der Waals surface area (Å²) in [5.41, 5.74) is 0.628. The third kappa shape index (κ3) is 1.14. The van der Waals surface area contributed by atoms with Crippen LogP contribution in [0.25, 0.3) is 5.65 Å². The Morgan fingerprint density at radius 1 is 1.46 bits per heavy atom. The van der Waals surface area contributed by atoms with Crippen LogP contribution in [0.5, 0.6) is 0 Å². The molecule has 5 nitrogen and oxygen atoms in total. The summed E-state index contributed by atoms with van der Waals surface area (Å²) in [5, 5.41) is 7.50. The van der Waals surface area contributed by atoms with Crippen LogP contribution in [-0.4, -0.2) is 27.7 Å². The second kappa shape index (κ2) is 2.85. The van der Waals surface area contributed by atoms with E-state index in [4.69, 9.17) is 0 Å². The van der Waals surface area contributed by atoms with Crippen LogP contribution in [0.15, 0.2) is 24.4 Å². The number of methoxy groups -OCH3 is 1. The Bertz CT molecular complexity index is 449. The van der Waals surface area contributed by atoms with Crippen LogP contribution in [0.1, 0.15) is 10.6 Å². The molecule has 0 spiro atoms. The first-order valence-corrected chi connectivity index (χ1v) is 3.71. The third-order valence-corrected chi connectivity index (χ3v) is 1.68. The van der Waals surface area contributed by atoms with E-state index >= 15 is 0 Å². The van der Waals surface area contributed by atoms with Crippen LogP contribution in [0.2, 0.25) is 0 Å². The van der Waals surface area contributed by atoms with Crippen LogP contribution in [-0.2, 0) is 4.74 Å². The second-order valence-electron chi connectivity index (χ2n) is 2.44. The lowest BCUT2D eigenvalue weighted by atomic mass is 10.5. The smallest absolute Gasteiger partial charge is 0.376 e. The van der Waals surface area contributed by atoms with E-state index in [1.54, 1.807) is 22.7 Å². The van der Waals surface area contributed by atoms with E-state index in [2.05, 4.69) is 14.9 Å². The molecule has 0 aromatic carbocycles. The van der Waals surface area contributed by atoms with Crippen molar-refractivity contribution >= 4 is 11.6 Å². The van der Waals surface area contributed by atoms with Crippen LogP contribution < -0.4 is 0 Å². The van der Waals surface area contributed by atoms with Gasteiger partial charge in [0, 0.05) is 6.20 Å². The lowest BCUT2D eigenvalue weighted by Crippen LogP contribution is -2.06. The highest BCUT2D eigenvalue weighted by Gasteiger charge is 2.13. The van der Waals surface area contributed by atoms with Crippen molar-refractivity contribution in [1.29, 1.82) is 0 Å². The van der Waals surface area contributed by atoms with E-state index in [0.29, 0.717) is 5.65 Å². The van der Waals surface area contributed by atoms with Gasteiger partial charge in [-0.25, -0.2) is 4.79 Å². The number of carbonyl (C=O) groups excluding carboxylic acids is 1. The third-order valence-electron chi connectivity index (χ3n) is 1.68. The molecule has 0 atom stereocenters. The number of hydrogen-bond donors (Lipinski definition) is 0. The summed E-state index contributed by atoms with van der Waals surface area (Å²) in [6.45, 7) is 0. The summed E-state index contributed by atoms with van der Waals surface area (Å²) in [5.74, 6) is -0.295. The van der Waals surface area contributed by atoms with Crippen LogP contribution >= 0.6 is 0 Å². The van der Waals surface area contributed by atoms with E-state index in [-0.39, 0.29) is 5.82 Å². The largest absolute Gasteiger partial charge is 0.463 e. The molecule has 0 fully saturated rings. The van der Waals surface area contributed by atoms with Gasteiger partial charge in [0.15, 0.2) is 5.65 Å². The normalized spacial score (nSPS) is 10.2. The Balaban J connectivity index is 2.64. The average Bonchev–Trinajstić information content (AvgIpc) is 2.60. The van der Waals surface area contributed by atoms with E-state index in [1.807, 2.05) is 6.07 Å². The molecule has 0 bridgehead atoms. The fourth-order valence-electron chi connectivity index (χ4n) is 1.07. The minimum absolute atomic E-state index is 0.193. The van der Waals surface area contributed by atoms with Crippen molar-refractivity contribution < 1.29 is 9.53 Å². The molecule has 0 aliphatic rings. The molecular formula is C8H7N3O2. The molecule has 2 aromatic heterocycles. The molecule has 0 saturated carbocycles. The maximum Gasteiger partial charge on any atom is 0.376 e. The highest BCUT2D eigenvalue weighted by molar-refractivity contribution is 5.86. The fourth-order valence-corrected chi connectivity index (χ4v) is 1.07. The highest BCUT2D eigenvalue weighted by atomic mass is 16.5. The predicted molar refractivity (Wildman–Crippen MR) is 44.3 cm³/mol. The van der Waals surface area contributed by atoms with Crippen molar-refractivity contribution in [2.24, 2.45) is 0 Å². The predicted octanol–water partition coefficient (Wildman–Crippen LogP) is 0.516. The van der Waals surface area contributed by atoms with Gasteiger partial charge in [0.05, 0.1) is 7.11 Å². The monoisotopic (exact) mass is 177 g/mol. The molecule has 0 unspecified atom stereocenters. The zero-order valence-corrected chi connectivity index (χ0v) is 6.97. The van der Waals surface area contributed by atoms with Gasteiger partial charge in [-0.1, -0.05) is 6.07 Å². The second-order valence-corrected chi connectivity index (χ2v) is 2.44. The van der Waals surface area contributed by atoms with Crippen LogP contribution in [0.4, 0.5) is 0 Å². The molecule has 0 amide bonds. The Labute approximate surface area is 74.0 Å². The molecule has 0 aliphatic heterocycles. The van der Waals surface area contributed by atoms with Gasteiger partial charge < -0.3 is 4.74 Å². The molecule has 66 valence electrons. The summed E-state index contributed by atoms with van der Waals surface area (Å²) < 4.78 is 6.12. The number of carbonyl (C=O) groups is 1. The number of hydrogen-bond acceptors (Lipinski definition) is 4. The highest BCUT2D eigenvalue weighted by Crippen LogP contribution is 2.03. The quantitative estimate of drug-likeness (QED) is 0.596. The van der Waals surface area contributed by atoms with E-state index < -0.39 is 5.97 Å². The maximum atomic E-state index is 11.1. The van der Waals surface area contributed by atoms with E-state index in [9.17, 15) is 4.79 Å². The van der Waals surface area contributed by atoms with Crippen LogP contribution in [0.3, 0.4) is 0 Å². The van der Waals surface area contributed by atoms with Gasteiger partial charge in [-0.3, -0.25) is 4.40 Å². The number of aromatic nitrogens is 3. The molecule has 2 rings (SSSR count). The lowest BCUT2D eigenvalue weighted by Gasteiger charge is -1.95. The van der Waals surface area contributed by atoms with Crippen molar-refractivity contribution in [2.75, 3.05) is 7.11 Å². The Morgan fingerprint density at radius 3 is 3.08 bits per heavy atom. The lowest BCUT2D eigenvalue weighted by molar-refractivity contribution is 0.0585. The van der Waals surface area contributed by atoms with Gasteiger partial charge in [-0.2, -0.15) is 0 Å². The Hall–Kier alpha value is -1.91. The zero-order chi connectivity index (χ0) is 9.26. The fraction of sp³-hybridized carbons (Fsp3) is 0.125. The van der Waals surface area contributed by atoms with E-state index in [0.717, 1.165) is 0 Å². The van der Waals surface area contributed by atoms with Crippen molar-refractivity contribution in [2.45, 2.75) is 0 Å². The summed E-state index contributed by atoms with van der Waals surface area (Å²) >= 11 is 0. The summed E-state index contributed by atoms with van der Waals surface area (Å²) in [4.78, 5) is 11.1. The molecule has 0 N–H and O–H groups in total. The minimum Gasteiger partial charge on any atom is -0.463 e. The maximum absolute atomic E-state index is 11.1.